The van der Waals surface area contributed by atoms with Gasteiger partial charge >= 0.3 is 23.5 Å². The van der Waals surface area contributed by atoms with Crippen molar-refractivity contribution in [3.63, 3.8) is 0 Å². The zero-order valence-electron chi connectivity index (χ0n) is 28.1. The van der Waals surface area contributed by atoms with E-state index in [0.29, 0.717) is 0 Å². The Kier molecular flexibility index (Phi) is 15.6. The molecule has 0 saturated carbocycles. The Balaban J connectivity index is 1.52. The molecule has 8 atom stereocenters. The molecule has 300 valence electrons. The minimum absolute atomic E-state index is 0.0251. The first-order valence-corrected chi connectivity index (χ1v) is 20.7. The Morgan fingerprint density at radius 1 is 1.06 bits per heavy atom. The van der Waals surface area contributed by atoms with Crippen LogP contribution >= 0.6 is 35.2 Å². The van der Waals surface area contributed by atoms with Gasteiger partial charge in [0.25, 0.3) is 0 Å². The lowest BCUT2D eigenvalue weighted by Gasteiger charge is -2.30. The first kappa shape index (κ1) is 44.9. The first-order valence-electron chi connectivity index (χ1n) is 15.2. The number of fused-ring (bicyclic) bond motifs is 1. The van der Waals surface area contributed by atoms with Crippen molar-refractivity contribution < 1.29 is 85.6 Å². The third-order valence-electron chi connectivity index (χ3n) is 7.09. The molecule has 0 spiro atoms. The zero-order valence-corrected chi connectivity index (χ0v) is 31.6. The summed E-state index contributed by atoms with van der Waals surface area (Å²) >= 11 is 0.828. The van der Waals surface area contributed by atoms with Gasteiger partial charge in [0.1, 0.15) is 42.4 Å². The van der Waals surface area contributed by atoms with Gasteiger partial charge in [0.05, 0.1) is 19.5 Å². The molecule has 29 heteroatoms. The summed E-state index contributed by atoms with van der Waals surface area (Å²) in [6, 6.07) is 0. The summed E-state index contributed by atoms with van der Waals surface area (Å²) < 4.78 is 61.9. The number of phosphoric acid groups is 3. The van der Waals surface area contributed by atoms with E-state index in [-0.39, 0.29) is 42.2 Å². The third kappa shape index (κ3) is 13.4. The van der Waals surface area contributed by atoms with E-state index in [4.69, 9.17) is 24.6 Å². The number of carbonyl (C=O) groups excluding carboxylic acids is 3. The Bertz CT molecular complexity index is 1760. The zero-order chi connectivity index (χ0) is 39.9. The molecule has 1 saturated heterocycles. The molecule has 53 heavy (non-hydrogen) atoms. The highest BCUT2D eigenvalue weighted by molar-refractivity contribution is 8.13. The van der Waals surface area contributed by atoms with Crippen LogP contribution in [0.15, 0.2) is 12.7 Å². The highest BCUT2D eigenvalue weighted by Gasteiger charge is 2.50. The number of anilines is 1. The average Bonchev–Trinajstić information content (AvgIpc) is 3.60. The minimum Gasteiger partial charge on any atom is -0.386 e. The van der Waals surface area contributed by atoms with Crippen LogP contribution in [0.5, 0.6) is 0 Å². The van der Waals surface area contributed by atoms with Gasteiger partial charge in [-0.2, -0.15) is 4.31 Å². The number of nitrogens with two attached hydrogens (primary N) is 1. The van der Waals surface area contributed by atoms with Crippen LogP contribution in [0.3, 0.4) is 0 Å². The molecule has 11 N–H and O–H groups in total. The molecular formula is C24H40N7O18P3S. The molecular weight excluding hydrogens is 799 g/mol. The fourth-order valence-electron chi connectivity index (χ4n) is 4.40. The van der Waals surface area contributed by atoms with E-state index in [1.807, 2.05) is 0 Å². The molecule has 1 fully saturated rings. The maximum absolute atomic E-state index is 12.6. The van der Waals surface area contributed by atoms with Gasteiger partial charge in [-0.25, -0.2) is 28.6 Å². The number of aliphatic hydroxyl groups excluding tert-OH is 3. The predicted molar refractivity (Wildman–Crippen MR) is 179 cm³/mol. The van der Waals surface area contributed by atoms with Crippen molar-refractivity contribution in [1.29, 1.82) is 0 Å². The van der Waals surface area contributed by atoms with Gasteiger partial charge in [-0.05, 0) is 6.92 Å². The number of nitrogen functional groups attached to an aromatic ring is 1. The second-order valence-electron chi connectivity index (χ2n) is 11.9. The number of rotatable bonds is 20. The van der Waals surface area contributed by atoms with Gasteiger partial charge in [-0.3, -0.25) is 32.5 Å². The maximum Gasteiger partial charge on any atom is 0.481 e. The second-order valence-corrected chi connectivity index (χ2v) is 17.2. The van der Waals surface area contributed by atoms with Crippen LogP contribution in [0.1, 0.15) is 33.4 Å². The number of aliphatic hydroxyl groups is 3. The molecule has 3 rings (SSSR count). The van der Waals surface area contributed by atoms with E-state index < -0.39 is 95.8 Å². The number of nitrogens with one attached hydrogen (secondary N) is 2. The van der Waals surface area contributed by atoms with Gasteiger partial charge in [0, 0.05) is 30.7 Å². The molecule has 0 aromatic carbocycles. The van der Waals surface area contributed by atoms with Crippen LogP contribution in [0.4, 0.5) is 5.82 Å². The van der Waals surface area contributed by atoms with E-state index in [9.17, 15) is 57.9 Å². The molecule has 2 amide bonds. The lowest BCUT2D eigenvalue weighted by atomic mass is 9.87. The van der Waals surface area contributed by atoms with Gasteiger partial charge < -0.3 is 56.0 Å². The smallest absolute Gasteiger partial charge is 0.386 e. The van der Waals surface area contributed by atoms with Crippen molar-refractivity contribution in [3.05, 3.63) is 12.7 Å². The number of imidazole rings is 1. The fourth-order valence-corrected chi connectivity index (χ4v) is 7.88. The van der Waals surface area contributed by atoms with Gasteiger partial charge in [0.2, 0.25) is 16.9 Å². The molecule has 0 aliphatic carbocycles. The number of aromatic nitrogens is 4. The summed E-state index contributed by atoms with van der Waals surface area (Å²) in [6.45, 7) is 1.62. The first-order chi connectivity index (χ1) is 24.4. The molecule has 0 radical (unpaired) electrons. The molecule has 25 nitrogen and oxygen atoms in total. The van der Waals surface area contributed by atoms with Crippen molar-refractivity contribution in [2.45, 2.75) is 63.9 Å². The van der Waals surface area contributed by atoms with Crippen molar-refractivity contribution in [2.75, 3.05) is 37.8 Å². The molecule has 1 aliphatic rings. The lowest BCUT2D eigenvalue weighted by molar-refractivity contribution is -0.137. The lowest BCUT2D eigenvalue weighted by Crippen LogP contribution is -2.46. The normalized spacial score (nSPS) is 22.8. The van der Waals surface area contributed by atoms with Crippen molar-refractivity contribution in [2.24, 2.45) is 5.41 Å². The van der Waals surface area contributed by atoms with Crippen LogP contribution < -0.4 is 16.4 Å². The van der Waals surface area contributed by atoms with E-state index in [2.05, 4.69) is 34.4 Å². The number of nitrogens with zero attached hydrogens (tertiary/aromatic N) is 4. The number of amides is 2. The van der Waals surface area contributed by atoms with Crippen LogP contribution in [-0.2, 0) is 50.7 Å². The number of phosphoric ester groups is 3. The van der Waals surface area contributed by atoms with Crippen LogP contribution in [0.2, 0.25) is 0 Å². The quantitative estimate of drug-likeness (QED) is 0.0511. The summed E-state index contributed by atoms with van der Waals surface area (Å²) in [4.78, 5) is 86.5. The molecule has 2 aromatic rings. The predicted octanol–water partition coefficient (Wildman–Crippen LogP) is -1.95. The molecule has 2 aromatic heterocycles. The highest BCUT2D eigenvalue weighted by Crippen LogP contribution is 2.61. The summed E-state index contributed by atoms with van der Waals surface area (Å²) in [7, 11) is -16.4. The van der Waals surface area contributed by atoms with Gasteiger partial charge in [-0.1, -0.05) is 25.6 Å². The van der Waals surface area contributed by atoms with Crippen LogP contribution in [0, 0.1) is 5.41 Å². The Hall–Kier alpha value is -2.48. The summed E-state index contributed by atoms with van der Waals surface area (Å²) in [5.74, 6) is -1.33. The van der Waals surface area contributed by atoms with E-state index >= 15 is 0 Å². The van der Waals surface area contributed by atoms with Crippen molar-refractivity contribution >= 4 is 69.1 Å². The molecule has 3 heterocycles. The average molecular weight is 840 g/mol. The van der Waals surface area contributed by atoms with Gasteiger partial charge in [0.15, 0.2) is 17.7 Å². The molecule has 0 bridgehead atoms. The topological polar surface area (TPSA) is 384 Å². The molecule has 1 aliphatic heterocycles. The summed E-state index contributed by atoms with van der Waals surface area (Å²) in [6.07, 6.45) is -8.15. The summed E-state index contributed by atoms with van der Waals surface area (Å²) in [5, 5.41) is 34.8. The second kappa shape index (κ2) is 18.4. The van der Waals surface area contributed by atoms with E-state index in [0.717, 1.165) is 29.0 Å². The Morgan fingerprint density at radius 2 is 1.72 bits per heavy atom. The fraction of sp³-hybridized carbons (Fsp3) is 0.667. The standard InChI is InChI=1S/C24H40N7O18P3S/c1-12(32)23(37)53-7-6-26-14(33)4-5-27-21(36)18(35)24(2,3)9-46-52(43,44)49-51(41,42)45-8-13-17(48-50(38,39)40)16(34)22(47-13)31-11-30-15-19(25)28-10-29-20(15)31/h10-13,16-18,22,32,34-35H,4-9H2,1-3H3,(H,26,33)(H,27,36)(H,41,42)(H,43,44)(H2,25,28,29)(H2,38,39,40)/t12?,13-,16-,17-,18+,22-/m1/s1. The Morgan fingerprint density at radius 3 is 2.36 bits per heavy atom. The SMILES string of the molecule is CC(O)C(=O)SCCNC(=O)CCNC(=O)[C@H](O)C(C)(C)COP(=O)(O)OP(=O)(O)OC[C@H]1O[C@@H](n2cnc3c(N)ncnc32)[C@H](O)[C@@H]1OP(=O)(O)O. The van der Waals surface area contributed by atoms with Crippen molar-refractivity contribution in [1.82, 2.24) is 30.2 Å². The largest absolute Gasteiger partial charge is 0.481 e. The van der Waals surface area contributed by atoms with Crippen molar-refractivity contribution in [3.8, 4) is 0 Å². The number of ether oxygens (including phenoxy) is 1. The van der Waals surface area contributed by atoms with Crippen LogP contribution in [0.25, 0.3) is 11.2 Å². The van der Waals surface area contributed by atoms with Gasteiger partial charge in [-0.15, -0.1) is 0 Å². The Labute approximate surface area is 304 Å². The number of thioether (sulfide) groups is 1. The summed E-state index contributed by atoms with van der Waals surface area (Å²) in [5.41, 5.74) is 4.23. The highest BCUT2D eigenvalue weighted by atomic mass is 32.2. The monoisotopic (exact) mass is 839 g/mol. The number of hydrogen-bond donors (Lipinski definition) is 10. The van der Waals surface area contributed by atoms with E-state index in [1.165, 1.54) is 20.8 Å². The minimum atomic E-state index is -5.57. The maximum atomic E-state index is 12.6. The number of hydrogen-bond acceptors (Lipinski definition) is 19. The van der Waals surface area contributed by atoms with E-state index in [1.54, 1.807) is 0 Å². The molecule has 3 unspecified atom stereocenters. The number of carbonyl (C=O) groups is 3. The van der Waals surface area contributed by atoms with Crippen LogP contribution in [-0.4, -0.2) is 134 Å². The third-order valence-corrected chi connectivity index (χ3v) is 11.2.